The molecule has 0 fully saturated rings. The average molecular weight is 329 g/mol. The fraction of sp³-hybridized carbons (Fsp3) is 0.235. The van der Waals surface area contributed by atoms with Gasteiger partial charge >= 0.3 is 0 Å². The van der Waals surface area contributed by atoms with Crippen molar-refractivity contribution in [1.29, 1.82) is 0 Å². The number of anilines is 1. The summed E-state index contributed by atoms with van der Waals surface area (Å²) in [5.41, 5.74) is 0.970. The molecule has 2 aromatic rings. The van der Waals surface area contributed by atoms with Gasteiger partial charge in [0.1, 0.15) is 11.4 Å². The molecular formula is C17H19N3O4. The molecule has 0 radical (unpaired) electrons. The third kappa shape index (κ3) is 4.70. The predicted octanol–water partition coefficient (Wildman–Crippen LogP) is 2.84. The molecule has 7 heteroatoms. The van der Waals surface area contributed by atoms with Gasteiger partial charge in [0.05, 0.1) is 11.5 Å². The van der Waals surface area contributed by atoms with E-state index in [1.165, 1.54) is 6.07 Å². The van der Waals surface area contributed by atoms with E-state index in [0.29, 0.717) is 36.7 Å². The van der Waals surface area contributed by atoms with Crippen molar-refractivity contribution < 1.29 is 14.5 Å². The van der Waals surface area contributed by atoms with Gasteiger partial charge in [0.15, 0.2) is 0 Å². The largest absolute Gasteiger partial charge is 0.494 e. The molecule has 0 heterocycles. The van der Waals surface area contributed by atoms with Crippen molar-refractivity contribution in [3.63, 3.8) is 0 Å². The summed E-state index contributed by atoms with van der Waals surface area (Å²) in [6.07, 6.45) is 0. The molecule has 0 aliphatic heterocycles. The summed E-state index contributed by atoms with van der Waals surface area (Å²) in [5.74, 6) is 0.509. The van der Waals surface area contributed by atoms with Crippen molar-refractivity contribution in [2.24, 2.45) is 0 Å². The van der Waals surface area contributed by atoms with Crippen LogP contribution >= 0.6 is 0 Å². The van der Waals surface area contributed by atoms with Crippen molar-refractivity contribution in [3.05, 3.63) is 64.2 Å². The summed E-state index contributed by atoms with van der Waals surface area (Å²) < 4.78 is 5.32. The zero-order chi connectivity index (χ0) is 17.4. The van der Waals surface area contributed by atoms with E-state index in [-0.39, 0.29) is 11.6 Å². The van der Waals surface area contributed by atoms with Crippen LogP contribution in [0, 0.1) is 10.1 Å². The summed E-state index contributed by atoms with van der Waals surface area (Å²) in [6.45, 7) is 3.19. The second-order valence-corrected chi connectivity index (χ2v) is 4.91. The topological polar surface area (TPSA) is 93.5 Å². The van der Waals surface area contributed by atoms with Crippen molar-refractivity contribution >= 4 is 17.3 Å². The van der Waals surface area contributed by atoms with E-state index in [4.69, 9.17) is 4.74 Å². The highest BCUT2D eigenvalue weighted by Crippen LogP contribution is 2.22. The molecule has 126 valence electrons. The van der Waals surface area contributed by atoms with E-state index in [2.05, 4.69) is 10.6 Å². The number of hydrogen-bond acceptors (Lipinski definition) is 5. The Hall–Kier alpha value is -3.09. The number of carbonyl (C=O) groups excluding carboxylic acids is 1. The van der Waals surface area contributed by atoms with Gasteiger partial charge in [-0.3, -0.25) is 14.9 Å². The maximum atomic E-state index is 12.0. The van der Waals surface area contributed by atoms with Gasteiger partial charge in [-0.05, 0) is 37.3 Å². The van der Waals surface area contributed by atoms with Gasteiger partial charge in [-0.2, -0.15) is 0 Å². The summed E-state index contributed by atoms with van der Waals surface area (Å²) in [4.78, 5) is 22.5. The summed E-state index contributed by atoms with van der Waals surface area (Å²) in [5, 5.41) is 16.6. The van der Waals surface area contributed by atoms with E-state index in [9.17, 15) is 14.9 Å². The first-order chi connectivity index (χ1) is 11.6. The first kappa shape index (κ1) is 17.3. The third-order valence-electron chi connectivity index (χ3n) is 3.25. The molecule has 0 saturated carbocycles. The third-order valence-corrected chi connectivity index (χ3v) is 3.25. The van der Waals surface area contributed by atoms with Crippen LogP contribution < -0.4 is 15.4 Å². The Morgan fingerprint density at radius 3 is 2.50 bits per heavy atom. The van der Waals surface area contributed by atoms with Gasteiger partial charge in [-0.15, -0.1) is 0 Å². The number of rotatable bonds is 8. The SMILES string of the molecule is CCOc1ccc(C(=O)NCCNc2ccccc2[N+](=O)[O-])cc1. The Kier molecular flexibility index (Phi) is 6.13. The quantitative estimate of drug-likeness (QED) is 0.441. The highest BCUT2D eigenvalue weighted by Gasteiger charge is 2.11. The van der Waals surface area contributed by atoms with Gasteiger partial charge in [-0.25, -0.2) is 0 Å². The molecule has 2 rings (SSSR count). The average Bonchev–Trinajstić information content (AvgIpc) is 2.59. The fourth-order valence-electron chi connectivity index (χ4n) is 2.13. The van der Waals surface area contributed by atoms with Crippen LogP contribution in [-0.4, -0.2) is 30.5 Å². The first-order valence-corrected chi connectivity index (χ1v) is 7.60. The molecule has 0 unspecified atom stereocenters. The van der Waals surface area contributed by atoms with Crippen LogP contribution in [0.4, 0.5) is 11.4 Å². The van der Waals surface area contributed by atoms with Gasteiger partial charge in [0.25, 0.3) is 11.6 Å². The first-order valence-electron chi connectivity index (χ1n) is 7.60. The van der Waals surface area contributed by atoms with E-state index >= 15 is 0 Å². The number of ether oxygens (including phenoxy) is 1. The molecule has 0 atom stereocenters. The zero-order valence-corrected chi connectivity index (χ0v) is 13.3. The van der Waals surface area contributed by atoms with Crippen LogP contribution in [0.3, 0.4) is 0 Å². The van der Waals surface area contributed by atoms with Crippen molar-refractivity contribution in [2.45, 2.75) is 6.92 Å². The molecule has 0 spiro atoms. The molecule has 0 aliphatic rings. The molecule has 24 heavy (non-hydrogen) atoms. The minimum atomic E-state index is -0.444. The lowest BCUT2D eigenvalue weighted by Gasteiger charge is -2.09. The Labute approximate surface area is 139 Å². The van der Waals surface area contributed by atoms with E-state index in [1.807, 2.05) is 6.92 Å². The second kappa shape index (κ2) is 8.52. The van der Waals surface area contributed by atoms with Crippen LogP contribution in [0.5, 0.6) is 5.75 Å². The van der Waals surface area contributed by atoms with Crippen molar-refractivity contribution in [1.82, 2.24) is 5.32 Å². The molecule has 2 aromatic carbocycles. The predicted molar refractivity (Wildman–Crippen MR) is 91.5 cm³/mol. The maximum Gasteiger partial charge on any atom is 0.292 e. The lowest BCUT2D eigenvalue weighted by molar-refractivity contribution is -0.384. The summed E-state index contributed by atoms with van der Waals surface area (Å²) in [6, 6.07) is 13.2. The van der Waals surface area contributed by atoms with Crippen LogP contribution in [0.25, 0.3) is 0 Å². The molecule has 0 aliphatic carbocycles. The Balaban J connectivity index is 1.82. The summed E-state index contributed by atoms with van der Waals surface area (Å²) in [7, 11) is 0. The lowest BCUT2D eigenvalue weighted by atomic mass is 10.2. The number of nitrogens with zero attached hydrogens (tertiary/aromatic N) is 1. The minimum absolute atomic E-state index is 0.00957. The Bertz CT molecular complexity index is 701. The van der Waals surface area contributed by atoms with E-state index < -0.39 is 4.92 Å². The number of nitrogens with one attached hydrogen (secondary N) is 2. The van der Waals surface area contributed by atoms with Crippen LogP contribution in [0.1, 0.15) is 17.3 Å². The standard InChI is InChI=1S/C17H19N3O4/c1-2-24-14-9-7-13(8-10-14)17(21)19-12-11-18-15-5-3-4-6-16(15)20(22)23/h3-10,18H,2,11-12H2,1H3,(H,19,21). The van der Waals surface area contributed by atoms with Crippen LogP contribution in [-0.2, 0) is 0 Å². The zero-order valence-electron chi connectivity index (χ0n) is 13.3. The smallest absolute Gasteiger partial charge is 0.292 e. The summed E-state index contributed by atoms with van der Waals surface area (Å²) >= 11 is 0. The van der Waals surface area contributed by atoms with E-state index in [1.54, 1.807) is 42.5 Å². The van der Waals surface area contributed by atoms with E-state index in [0.717, 1.165) is 0 Å². The van der Waals surface area contributed by atoms with Gasteiger partial charge < -0.3 is 15.4 Å². The molecule has 0 saturated heterocycles. The lowest BCUT2D eigenvalue weighted by Crippen LogP contribution is -2.28. The second-order valence-electron chi connectivity index (χ2n) is 4.91. The molecule has 2 N–H and O–H groups in total. The number of nitro groups is 1. The van der Waals surface area contributed by atoms with Crippen molar-refractivity contribution in [2.75, 3.05) is 25.0 Å². The van der Waals surface area contributed by atoms with Crippen LogP contribution in [0.2, 0.25) is 0 Å². The highest BCUT2D eigenvalue weighted by atomic mass is 16.6. The number of carbonyl (C=O) groups is 1. The fourth-order valence-corrected chi connectivity index (χ4v) is 2.13. The maximum absolute atomic E-state index is 12.0. The number of hydrogen-bond donors (Lipinski definition) is 2. The number of amides is 1. The molecular weight excluding hydrogens is 310 g/mol. The molecule has 1 amide bonds. The van der Waals surface area contributed by atoms with Gasteiger partial charge in [-0.1, -0.05) is 12.1 Å². The van der Waals surface area contributed by atoms with Gasteiger partial charge in [0, 0.05) is 24.7 Å². The van der Waals surface area contributed by atoms with Crippen molar-refractivity contribution in [3.8, 4) is 5.75 Å². The monoisotopic (exact) mass is 329 g/mol. The molecule has 7 nitrogen and oxygen atoms in total. The molecule has 0 bridgehead atoms. The van der Waals surface area contributed by atoms with Crippen LogP contribution in [0.15, 0.2) is 48.5 Å². The number of para-hydroxylation sites is 2. The minimum Gasteiger partial charge on any atom is -0.494 e. The normalized spacial score (nSPS) is 10.0. The highest BCUT2D eigenvalue weighted by molar-refractivity contribution is 5.94. The number of nitro benzene ring substituents is 1. The Morgan fingerprint density at radius 2 is 1.83 bits per heavy atom. The Morgan fingerprint density at radius 1 is 1.12 bits per heavy atom. The number of benzene rings is 2. The molecule has 0 aromatic heterocycles. The van der Waals surface area contributed by atoms with Gasteiger partial charge in [0.2, 0.25) is 0 Å².